The number of likely N-dealkylation sites (N-methyl/N-ethyl adjacent to an activating group) is 1. The number of fused-ring (bicyclic) bond motifs is 3. The second kappa shape index (κ2) is 9.18. The largest absolute Gasteiger partial charge is 0.416 e. The van der Waals surface area contributed by atoms with Crippen LogP contribution in [-0.2, 0) is 16.2 Å². The summed E-state index contributed by atoms with van der Waals surface area (Å²) in [6.45, 7) is 3.63. The number of hydrogen-bond acceptors (Lipinski definition) is 4. The molecule has 2 aliphatic heterocycles. The van der Waals surface area contributed by atoms with Gasteiger partial charge in [-0.25, -0.2) is 8.42 Å². The van der Waals surface area contributed by atoms with Crippen LogP contribution < -0.4 is 9.62 Å². The van der Waals surface area contributed by atoms with Crippen LogP contribution in [0.1, 0.15) is 39.4 Å². The van der Waals surface area contributed by atoms with E-state index in [2.05, 4.69) is 15.7 Å². The minimum Gasteiger partial charge on any atom is -0.306 e. The maximum atomic E-state index is 14.0. The molecule has 5 rings (SSSR count). The molecule has 10 heteroatoms. The number of anilines is 2. The first-order valence-corrected chi connectivity index (χ1v) is 13.4. The molecule has 0 bridgehead atoms. The van der Waals surface area contributed by atoms with E-state index in [4.69, 9.17) is 0 Å². The van der Waals surface area contributed by atoms with Gasteiger partial charge in [0.15, 0.2) is 0 Å². The Morgan fingerprint density at radius 2 is 1.78 bits per heavy atom. The quantitative estimate of drug-likeness (QED) is 0.501. The molecule has 0 radical (unpaired) electrons. The second-order valence-corrected chi connectivity index (χ2v) is 11.3. The highest BCUT2D eigenvalue weighted by molar-refractivity contribution is 7.92. The summed E-state index contributed by atoms with van der Waals surface area (Å²) in [7, 11) is -2.35. The first-order valence-electron chi connectivity index (χ1n) is 11.9. The topological polar surface area (TPSA) is 69.7 Å². The average molecular weight is 530 g/mol. The minimum absolute atomic E-state index is 0.00921. The zero-order valence-electron chi connectivity index (χ0n) is 20.3. The number of halogens is 3. The molecule has 1 saturated heterocycles. The number of carbonyl (C=O) groups excluding carboxylic acids is 1. The normalized spacial score (nSPS) is 19.9. The van der Waals surface area contributed by atoms with Crippen molar-refractivity contribution in [2.75, 3.05) is 29.8 Å². The van der Waals surface area contributed by atoms with E-state index in [1.807, 2.05) is 26.1 Å². The van der Waals surface area contributed by atoms with Crippen molar-refractivity contribution in [2.24, 2.45) is 0 Å². The van der Waals surface area contributed by atoms with E-state index < -0.39 is 26.7 Å². The highest BCUT2D eigenvalue weighted by Gasteiger charge is 2.44. The molecule has 37 heavy (non-hydrogen) atoms. The van der Waals surface area contributed by atoms with E-state index in [0.29, 0.717) is 6.07 Å². The van der Waals surface area contributed by atoms with Crippen molar-refractivity contribution < 1.29 is 26.4 Å². The van der Waals surface area contributed by atoms with Gasteiger partial charge in [-0.2, -0.15) is 13.2 Å². The minimum atomic E-state index is -4.69. The number of benzene rings is 3. The lowest BCUT2D eigenvalue weighted by Gasteiger charge is -2.36. The van der Waals surface area contributed by atoms with Gasteiger partial charge in [0.2, 0.25) is 0 Å². The first-order chi connectivity index (χ1) is 17.5. The van der Waals surface area contributed by atoms with Crippen molar-refractivity contribution in [3.8, 4) is 0 Å². The van der Waals surface area contributed by atoms with E-state index in [1.54, 1.807) is 17.0 Å². The van der Waals surface area contributed by atoms with Gasteiger partial charge in [-0.3, -0.25) is 9.52 Å². The Labute approximate surface area is 213 Å². The fourth-order valence-corrected chi connectivity index (χ4v) is 6.40. The van der Waals surface area contributed by atoms with Gasteiger partial charge in [0, 0.05) is 24.2 Å². The Morgan fingerprint density at radius 1 is 1.03 bits per heavy atom. The first kappa shape index (κ1) is 25.3. The third kappa shape index (κ3) is 4.71. The fraction of sp³-hybridized carbons (Fsp3) is 0.296. The van der Waals surface area contributed by atoms with Gasteiger partial charge in [0.25, 0.3) is 15.9 Å². The summed E-state index contributed by atoms with van der Waals surface area (Å²) < 4.78 is 68.0. The van der Waals surface area contributed by atoms with Crippen molar-refractivity contribution in [1.82, 2.24) is 4.90 Å². The highest BCUT2D eigenvalue weighted by atomic mass is 32.2. The summed E-state index contributed by atoms with van der Waals surface area (Å²) in [5.74, 6) is -0.226. The standard InChI is InChI=1S/C27H26F3N3O3S/c1-17-10-11-24-21(14-17)22-16-32(2)13-12-25(22)33(24)26(34)20-8-3-4-9-23(20)31-37(35,36)19-7-5-6-18(15-19)27(28,29)30/h3-11,14-15,22,25,31H,12-13,16H2,1-2H3/t22-,25-/m0/s1. The van der Waals surface area contributed by atoms with E-state index in [-0.39, 0.29) is 29.1 Å². The van der Waals surface area contributed by atoms with Crippen molar-refractivity contribution in [3.05, 3.63) is 89.0 Å². The van der Waals surface area contributed by atoms with E-state index >= 15 is 0 Å². The molecule has 0 aliphatic carbocycles. The third-order valence-electron chi connectivity index (χ3n) is 7.05. The van der Waals surface area contributed by atoms with Gasteiger partial charge in [-0.15, -0.1) is 0 Å². The number of para-hydroxylation sites is 1. The maximum absolute atomic E-state index is 14.0. The Hall–Kier alpha value is -3.37. The number of sulfonamides is 1. The van der Waals surface area contributed by atoms with Crippen LogP contribution in [0.4, 0.5) is 24.5 Å². The number of amides is 1. The molecular formula is C27H26F3N3O3S. The van der Waals surface area contributed by atoms with Crippen LogP contribution in [0.2, 0.25) is 0 Å². The van der Waals surface area contributed by atoms with Crippen LogP contribution >= 0.6 is 0 Å². The lowest BCUT2D eigenvalue weighted by Crippen LogP contribution is -2.47. The number of likely N-dealkylation sites (tertiary alicyclic amines) is 1. The monoisotopic (exact) mass is 529 g/mol. The number of nitrogens with zero attached hydrogens (tertiary/aromatic N) is 2. The fourth-order valence-electron chi connectivity index (χ4n) is 5.28. The predicted octanol–water partition coefficient (Wildman–Crippen LogP) is 5.26. The molecular weight excluding hydrogens is 503 g/mol. The number of piperidine rings is 1. The maximum Gasteiger partial charge on any atom is 0.416 e. The number of aryl methyl sites for hydroxylation is 1. The second-order valence-electron chi connectivity index (χ2n) is 9.64. The molecule has 1 fully saturated rings. The van der Waals surface area contributed by atoms with Crippen molar-refractivity contribution >= 4 is 27.3 Å². The average Bonchev–Trinajstić information content (AvgIpc) is 3.16. The summed E-state index contributed by atoms with van der Waals surface area (Å²) in [6, 6.07) is 15.6. The molecule has 2 aliphatic rings. The summed E-state index contributed by atoms with van der Waals surface area (Å²) in [6.07, 6.45) is -3.93. The smallest absolute Gasteiger partial charge is 0.306 e. The number of alkyl halides is 3. The lowest BCUT2D eigenvalue weighted by atomic mass is 9.88. The molecule has 0 aromatic heterocycles. The molecule has 3 aromatic rings. The summed E-state index contributed by atoms with van der Waals surface area (Å²) >= 11 is 0. The number of nitrogens with one attached hydrogen (secondary N) is 1. The van der Waals surface area contributed by atoms with Gasteiger partial charge in [0.1, 0.15) is 0 Å². The van der Waals surface area contributed by atoms with Gasteiger partial charge in [-0.1, -0.05) is 35.9 Å². The van der Waals surface area contributed by atoms with Gasteiger partial charge in [0.05, 0.1) is 21.7 Å². The Bertz CT molecular complexity index is 1470. The van der Waals surface area contributed by atoms with Crippen LogP contribution in [-0.4, -0.2) is 45.4 Å². The molecule has 2 atom stereocenters. The molecule has 1 amide bonds. The molecule has 3 aromatic carbocycles. The lowest BCUT2D eigenvalue weighted by molar-refractivity contribution is -0.137. The summed E-state index contributed by atoms with van der Waals surface area (Å²) in [4.78, 5) is 17.4. The molecule has 0 saturated carbocycles. The van der Waals surface area contributed by atoms with Gasteiger partial charge < -0.3 is 9.80 Å². The van der Waals surface area contributed by atoms with Crippen LogP contribution in [0.5, 0.6) is 0 Å². The van der Waals surface area contributed by atoms with Crippen LogP contribution in [0.25, 0.3) is 0 Å². The molecule has 194 valence electrons. The Balaban J connectivity index is 1.51. The molecule has 2 heterocycles. The third-order valence-corrected chi connectivity index (χ3v) is 8.41. The van der Waals surface area contributed by atoms with Crippen LogP contribution in [0.15, 0.2) is 71.6 Å². The number of rotatable bonds is 4. The predicted molar refractivity (Wildman–Crippen MR) is 135 cm³/mol. The Morgan fingerprint density at radius 3 is 2.54 bits per heavy atom. The molecule has 6 nitrogen and oxygen atoms in total. The van der Waals surface area contributed by atoms with Crippen LogP contribution in [0, 0.1) is 6.92 Å². The summed E-state index contributed by atoms with van der Waals surface area (Å²) in [5, 5.41) is 0. The van der Waals surface area contributed by atoms with Crippen molar-refractivity contribution in [2.45, 2.75) is 36.4 Å². The zero-order valence-corrected chi connectivity index (χ0v) is 21.1. The van der Waals surface area contributed by atoms with Crippen molar-refractivity contribution in [1.29, 1.82) is 0 Å². The molecule has 0 spiro atoms. The van der Waals surface area contributed by atoms with E-state index in [9.17, 15) is 26.4 Å². The zero-order chi connectivity index (χ0) is 26.5. The number of hydrogen-bond donors (Lipinski definition) is 1. The van der Waals surface area contributed by atoms with E-state index in [0.717, 1.165) is 54.5 Å². The molecule has 1 N–H and O–H groups in total. The van der Waals surface area contributed by atoms with Crippen molar-refractivity contribution in [3.63, 3.8) is 0 Å². The van der Waals surface area contributed by atoms with Gasteiger partial charge in [-0.05, 0) is 68.9 Å². The number of carbonyl (C=O) groups is 1. The SMILES string of the molecule is Cc1ccc2c(c1)[C@@H]1CN(C)CC[C@@H]1N2C(=O)c1ccccc1NS(=O)(=O)c1cccc(C(F)(F)F)c1. The molecule has 0 unspecified atom stereocenters. The Kier molecular flexibility index (Phi) is 6.27. The van der Waals surface area contributed by atoms with E-state index in [1.165, 1.54) is 12.1 Å². The highest BCUT2D eigenvalue weighted by Crippen LogP contribution is 2.46. The summed E-state index contributed by atoms with van der Waals surface area (Å²) in [5.41, 5.74) is 2.05. The van der Waals surface area contributed by atoms with Gasteiger partial charge >= 0.3 is 6.18 Å². The van der Waals surface area contributed by atoms with Crippen LogP contribution in [0.3, 0.4) is 0 Å².